The van der Waals surface area contributed by atoms with Gasteiger partial charge in [-0.05, 0) is 54.6 Å². The molecule has 0 heterocycles. The van der Waals surface area contributed by atoms with Crippen LogP contribution in [-0.2, 0) is 6.42 Å². The number of benzene rings is 2. The van der Waals surface area contributed by atoms with E-state index in [4.69, 9.17) is 0 Å². The summed E-state index contributed by atoms with van der Waals surface area (Å²) < 4.78 is 13.6. The topological polar surface area (TPSA) is 12.0 Å². The van der Waals surface area contributed by atoms with Crippen molar-refractivity contribution in [2.75, 3.05) is 6.54 Å². The minimum Gasteiger partial charge on any atom is -0.309 e. The third kappa shape index (κ3) is 3.01. The van der Waals surface area contributed by atoms with Crippen LogP contribution in [-0.4, -0.2) is 6.54 Å². The number of hydrogen-bond donors (Lipinski definition) is 1. The number of fused-ring (bicyclic) bond motifs is 1. The third-order valence-electron chi connectivity index (χ3n) is 4.40. The Bertz CT molecular complexity index is 608. The molecular formula is C19H22FN. The number of aryl methyl sites for hydroxylation is 1. The summed E-state index contributed by atoms with van der Waals surface area (Å²) in [5, 5.41) is 3.63. The van der Waals surface area contributed by atoms with Crippen LogP contribution in [0.25, 0.3) is 0 Å². The normalized spacial score (nSPS) is 18.5. The molecule has 0 aliphatic heterocycles. The second-order valence-electron chi connectivity index (χ2n) is 5.83. The predicted octanol–water partition coefficient (Wildman–Crippen LogP) is 4.60. The molecule has 3 rings (SSSR count). The van der Waals surface area contributed by atoms with Crippen LogP contribution in [0.4, 0.5) is 4.39 Å². The molecule has 2 heteroatoms. The molecule has 1 aliphatic rings. The predicted molar refractivity (Wildman–Crippen MR) is 84.9 cm³/mol. The van der Waals surface area contributed by atoms with Crippen LogP contribution >= 0.6 is 0 Å². The second kappa shape index (κ2) is 6.40. The van der Waals surface area contributed by atoms with E-state index in [0.29, 0.717) is 5.92 Å². The number of nitrogens with one attached hydrogen (secondary N) is 1. The molecule has 1 aliphatic carbocycles. The first-order valence-corrected chi connectivity index (χ1v) is 7.86. The summed E-state index contributed by atoms with van der Waals surface area (Å²) in [6, 6.07) is 15.9. The van der Waals surface area contributed by atoms with Crippen LogP contribution in [0.15, 0.2) is 48.5 Å². The zero-order valence-corrected chi connectivity index (χ0v) is 12.5. The fourth-order valence-corrected chi connectivity index (χ4v) is 3.43. The van der Waals surface area contributed by atoms with E-state index in [9.17, 15) is 4.39 Å². The highest BCUT2D eigenvalue weighted by atomic mass is 19.1. The quantitative estimate of drug-likeness (QED) is 0.846. The Hall–Kier alpha value is -1.67. The van der Waals surface area contributed by atoms with E-state index in [1.807, 2.05) is 12.1 Å². The van der Waals surface area contributed by atoms with Crippen molar-refractivity contribution in [2.24, 2.45) is 0 Å². The van der Waals surface area contributed by atoms with Gasteiger partial charge in [0.25, 0.3) is 0 Å². The third-order valence-corrected chi connectivity index (χ3v) is 4.40. The van der Waals surface area contributed by atoms with Gasteiger partial charge in [0.15, 0.2) is 0 Å². The first kappa shape index (κ1) is 14.3. The highest BCUT2D eigenvalue weighted by Crippen LogP contribution is 2.41. The lowest BCUT2D eigenvalue weighted by molar-refractivity contribution is 0.440. The lowest BCUT2D eigenvalue weighted by Crippen LogP contribution is -2.27. The van der Waals surface area contributed by atoms with Crippen molar-refractivity contribution < 1.29 is 4.39 Å². The maximum Gasteiger partial charge on any atom is 0.123 e. The van der Waals surface area contributed by atoms with Gasteiger partial charge in [-0.3, -0.25) is 0 Å². The lowest BCUT2D eigenvalue weighted by Gasteiger charge is -2.26. The molecule has 2 aromatic carbocycles. The van der Waals surface area contributed by atoms with E-state index in [-0.39, 0.29) is 11.9 Å². The van der Waals surface area contributed by atoms with Gasteiger partial charge in [-0.1, -0.05) is 43.3 Å². The molecule has 0 saturated heterocycles. The monoisotopic (exact) mass is 283 g/mol. The van der Waals surface area contributed by atoms with Crippen LogP contribution in [0.5, 0.6) is 0 Å². The Labute approximate surface area is 126 Å². The van der Waals surface area contributed by atoms with Gasteiger partial charge in [0.1, 0.15) is 5.82 Å². The van der Waals surface area contributed by atoms with Crippen molar-refractivity contribution >= 4 is 0 Å². The summed E-state index contributed by atoms with van der Waals surface area (Å²) in [5.41, 5.74) is 3.93. The smallest absolute Gasteiger partial charge is 0.123 e. The van der Waals surface area contributed by atoms with Gasteiger partial charge in [0.2, 0.25) is 0 Å². The summed E-state index contributed by atoms with van der Waals surface area (Å²) in [6.45, 7) is 3.12. The molecule has 110 valence electrons. The van der Waals surface area contributed by atoms with Gasteiger partial charge in [0, 0.05) is 12.0 Å². The van der Waals surface area contributed by atoms with E-state index < -0.39 is 0 Å². The molecule has 0 radical (unpaired) electrons. The SMILES string of the molecule is CCCNC(c1cccc(F)c1)C1CCc2ccccc21. The molecule has 2 unspecified atom stereocenters. The van der Waals surface area contributed by atoms with Crippen molar-refractivity contribution in [2.45, 2.75) is 38.1 Å². The molecule has 0 bridgehead atoms. The highest BCUT2D eigenvalue weighted by Gasteiger charge is 2.30. The van der Waals surface area contributed by atoms with E-state index in [1.54, 1.807) is 6.07 Å². The van der Waals surface area contributed by atoms with Crippen LogP contribution in [0, 0.1) is 5.82 Å². The molecular weight excluding hydrogens is 261 g/mol. The zero-order chi connectivity index (χ0) is 14.7. The van der Waals surface area contributed by atoms with Gasteiger partial charge < -0.3 is 5.32 Å². The summed E-state index contributed by atoms with van der Waals surface area (Å²) in [7, 11) is 0. The largest absolute Gasteiger partial charge is 0.309 e. The van der Waals surface area contributed by atoms with Crippen LogP contribution in [0.3, 0.4) is 0 Å². The maximum absolute atomic E-state index is 13.6. The first-order chi connectivity index (χ1) is 10.3. The number of halogens is 1. The highest BCUT2D eigenvalue weighted by molar-refractivity contribution is 5.38. The molecule has 1 nitrogen and oxygen atoms in total. The van der Waals surface area contributed by atoms with E-state index in [0.717, 1.165) is 31.4 Å². The van der Waals surface area contributed by atoms with Crippen LogP contribution < -0.4 is 5.32 Å². The average molecular weight is 283 g/mol. The van der Waals surface area contributed by atoms with E-state index >= 15 is 0 Å². The lowest BCUT2D eigenvalue weighted by atomic mass is 9.88. The summed E-state index contributed by atoms with van der Waals surface area (Å²) >= 11 is 0. The fourth-order valence-electron chi connectivity index (χ4n) is 3.43. The van der Waals surface area contributed by atoms with Gasteiger partial charge in [-0.15, -0.1) is 0 Å². The van der Waals surface area contributed by atoms with Crippen molar-refractivity contribution in [3.8, 4) is 0 Å². The minimum atomic E-state index is -0.151. The van der Waals surface area contributed by atoms with Crippen LogP contribution in [0.2, 0.25) is 0 Å². The average Bonchev–Trinajstić information content (AvgIpc) is 2.92. The molecule has 1 N–H and O–H groups in total. The molecule has 2 atom stereocenters. The summed E-state index contributed by atoms with van der Waals surface area (Å²) in [4.78, 5) is 0. The van der Waals surface area contributed by atoms with E-state index in [1.165, 1.54) is 17.2 Å². The Balaban J connectivity index is 1.93. The van der Waals surface area contributed by atoms with Crippen molar-refractivity contribution in [3.05, 3.63) is 71.0 Å². The Kier molecular flexibility index (Phi) is 4.35. The second-order valence-corrected chi connectivity index (χ2v) is 5.83. The van der Waals surface area contributed by atoms with Gasteiger partial charge in [0.05, 0.1) is 0 Å². The summed E-state index contributed by atoms with van der Waals surface area (Å²) in [5.74, 6) is 0.289. The molecule has 0 amide bonds. The first-order valence-electron chi connectivity index (χ1n) is 7.86. The molecule has 0 saturated carbocycles. The fraction of sp³-hybridized carbons (Fsp3) is 0.368. The molecule has 21 heavy (non-hydrogen) atoms. The molecule has 0 spiro atoms. The molecule has 2 aromatic rings. The van der Waals surface area contributed by atoms with Crippen molar-refractivity contribution in [1.29, 1.82) is 0 Å². The van der Waals surface area contributed by atoms with Gasteiger partial charge >= 0.3 is 0 Å². The van der Waals surface area contributed by atoms with Crippen molar-refractivity contribution in [1.82, 2.24) is 5.32 Å². The molecule has 0 aromatic heterocycles. The van der Waals surface area contributed by atoms with Gasteiger partial charge in [-0.25, -0.2) is 4.39 Å². The number of hydrogen-bond acceptors (Lipinski definition) is 1. The Morgan fingerprint density at radius 2 is 2.05 bits per heavy atom. The van der Waals surface area contributed by atoms with Gasteiger partial charge in [-0.2, -0.15) is 0 Å². The standard InChI is InChI=1S/C19H22FN/c1-2-12-21-19(15-7-5-8-16(20)13-15)18-11-10-14-6-3-4-9-17(14)18/h3-9,13,18-19,21H,2,10-12H2,1H3. The number of rotatable bonds is 5. The van der Waals surface area contributed by atoms with Crippen LogP contribution in [0.1, 0.15) is 48.4 Å². The van der Waals surface area contributed by atoms with E-state index in [2.05, 4.69) is 36.5 Å². The maximum atomic E-state index is 13.6. The Morgan fingerprint density at radius 3 is 2.86 bits per heavy atom. The zero-order valence-electron chi connectivity index (χ0n) is 12.5. The molecule has 0 fully saturated rings. The van der Waals surface area contributed by atoms with Crippen molar-refractivity contribution in [3.63, 3.8) is 0 Å². The Morgan fingerprint density at radius 1 is 1.19 bits per heavy atom. The minimum absolute atomic E-state index is 0.151. The summed E-state index contributed by atoms with van der Waals surface area (Å²) in [6.07, 6.45) is 3.35.